The van der Waals surface area contributed by atoms with Crippen molar-refractivity contribution in [2.24, 2.45) is 5.92 Å². The van der Waals surface area contributed by atoms with Gasteiger partial charge < -0.3 is 26.6 Å². The molecule has 3 aromatic rings. The van der Waals surface area contributed by atoms with E-state index in [0.29, 0.717) is 19.4 Å². The maximum atomic E-state index is 14.0. The van der Waals surface area contributed by atoms with Crippen LogP contribution in [0, 0.1) is 5.92 Å². The second kappa shape index (κ2) is 18.6. The van der Waals surface area contributed by atoms with Gasteiger partial charge in [0.2, 0.25) is 11.8 Å². The maximum absolute atomic E-state index is 14.0. The van der Waals surface area contributed by atoms with Crippen LogP contribution in [-0.2, 0) is 26.2 Å². The lowest BCUT2D eigenvalue weighted by molar-refractivity contribution is -0.130. The van der Waals surface area contributed by atoms with E-state index in [1.807, 2.05) is 57.2 Å². The lowest BCUT2D eigenvalue weighted by Crippen LogP contribution is -2.55. The van der Waals surface area contributed by atoms with Crippen molar-refractivity contribution < 1.29 is 27.6 Å². The highest BCUT2D eigenvalue weighted by molar-refractivity contribution is 7.90. The van der Waals surface area contributed by atoms with E-state index in [-0.39, 0.29) is 54.2 Å². The zero-order valence-corrected chi connectivity index (χ0v) is 31.1. The van der Waals surface area contributed by atoms with Gasteiger partial charge in [-0.3, -0.25) is 28.5 Å². The lowest BCUT2D eigenvalue weighted by atomic mass is 10.0. The van der Waals surface area contributed by atoms with E-state index in [4.69, 9.17) is 0 Å². The third kappa shape index (κ3) is 11.1. The van der Waals surface area contributed by atoms with Crippen LogP contribution in [-0.4, -0.2) is 81.3 Å². The molecular formula is C37H50N8O6S. The Labute approximate surface area is 306 Å². The Bertz CT molecular complexity index is 1790. The molecule has 1 fully saturated rings. The molecule has 4 atom stereocenters. The van der Waals surface area contributed by atoms with Gasteiger partial charge in [-0.1, -0.05) is 50.2 Å². The van der Waals surface area contributed by atoms with Crippen LogP contribution in [0.25, 0.3) is 0 Å². The van der Waals surface area contributed by atoms with Crippen LogP contribution in [0.15, 0.2) is 73.1 Å². The number of rotatable bonds is 16. The molecule has 15 heteroatoms. The molecule has 0 aliphatic carbocycles. The smallest absolute Gasteiger partial charge is 0.301 e. The lowest BCUT2D eigenvalue weighted by Gasteiger charge is -2.29. The molecule has 1 unspecified atom stereocenters. The molecule has 0 spiro atoms. The summed E-state index contributed by atoms with van der Waals surface area (Å²) in [7, 11) is -3.90. The minimum Gasteiger partial charge on any atom is -0.355 e. The summed E-state index contributed by atoms with van der Waals surface area (Å²) in [5, 5.41) is 14.7. The molecule has 1 aliphatic rings. The van der Waals surface area contributed by atoms with Gasteiger partial charge in [-0.15, -0.1) is 0 Å². The normalized spacial score (nSPS) is 16.2. The minimum absolute atomic E-state index is 0.0861. The molecule has 6 N–H and O–H groups in total. The molecule has 280 valence electrons. The van der Waals surface area contributed by atoms with Gasteiger partial charge in [-0.2, -0.15) is 13.1 Å². The molecule has 1 saturated heterocycles. The highest BCUT2D eigenvalue weighted by Crippen LogP contribution is 2.25. The van der Waals surface area contributed by atoms with Crippen molar-refractivity contribution >= 4 is 39.5 Å². The first-order valence-electron chi connectivity index (χ1n) is 17.6. The van der Waals surface area contributed by atoms with Gasteiger partial charge in [-0.05, 0) is 74.9 Å². The van der Waals surface area contributed by atoms with Gasteiger partial charge in [0, 0.05) is 55.7 Å². The Morgan fingerprint density at radius 2 is 1.58 bits per heavy atom. The maximum Gasteiger partial charge on any atom is 0.301 e. The van der Waals surface area contributed by atoms with Crippen LogP contribution in [0.5, 0.6) is 0 Å². The summed E-state index contributed by atoms with van der Waals surface area (Å²) in [5.41, 5.74) is 2.08. The standard InChI is InChI=1S/C37H50N8O6S/c1-6-39-37(49)33(24(2)3)44-34(46)26(5)40-23-31(18-27-12-8-7-9-13-27)43-36(48)30-19-29(35(47)42-25(4)28-14-10-15-38-22-28)20-32(21-30)45-17-11-16-41-52(45,50)51/h7-10,12-15,19-22,24-26,31,33,40-41H,6,11,16-18,23H2,1-5H3,(H,39,49)(H,42,47)(H,43,48)(H,44,46)/t25?,26-,31-,33-/m0/s1. The van der Waals surface area contributed by atoms with Crippen molar-refractivity contribution in [1.82, 2.24) is 36.3 Å². The Kier molecular flexibility index (Phi) is 14.3. The highest BCUT2D eigenvalue weighted by Gasteiger charge is 2.29. The fraction of sp³-hybridized carbons (Fsp3) is 0.432. The number of carbonyl (C=O) groups is 4. The fourth-order valence-electron chi connectivity index (χ4n) is 5.75. The Morgan fingerprint density at radius 3 is 2.19 bits per heavy atom. The highest BCUT2D eigenvalue weighted by atomic mass is 32.2. The van der Waals surface area contributed by atoms with Gasteiger partial charge in [0.25, 0.3) is 11.8 Å². The van der Waals surface area contributed by atoms with Crippen LogP contribution in [0.3, 0.4) is 0 Å². The van der Waals surface area contributed by atoms with E-state index in [1.54, 1.807) is 32.3 Å². The number of aromatic nitrogens is 1. The first-order chi connectivity index (χ1) is 24.8. The molecule has 0 radical (unpaired) electrons. The third-order valence-electron chi connectivity index (χ3n) is 8.70. The Balaban J connectivity index is 1.58. The van der Waals surface area contributed by atoms with Crippen LogP contribution < -0.4 is 35.6 Å². The van der Waals surface area contributed by atoms with E-state index in [1.165, 1.54) is 18.2 Å². The van der Waals surface area contributed by atoms with E-state index in [2.05, 4.69) is 36.3 Å². The molecule has 0 saturated carbocycles. The van der Waals surface area contributed by atoms with E-state index in [9.17, 15) is 27.6 Å². The summed E-state index contributed by atoms with van der Waals surface area (Å²) in [6.07, 6.45) is 4.21. The first kappa shape index (κ1) is 39.9. The number of anilines is 1. The Hall–Kier alpha value is -4.86. The largest absolute Gasteiger partial charge is 0.355 e. The van der Waals surface area contributed by atoms with E-state index in [0.717, 1.165) is 15.4 Å². The van der Waals surface area contributed by atoms with Crippen LogP contribution in [0.2, 0.25) is 0 Å². The second-order valence-electron chi connectivity index (χ2n) is 13.2. The summed E-state index contributed by atoms with van der Waals surface area (Å²) in [6.45, 7) is 10.1. The number of amides is 4. The number of hydrogen-bond acceptors (Lipinski definition) is 8. The summed E-state index contributed by atoms with van der Waals surface area (Å²) >= 11 is 0. The SMILES string of the molecule is CCNC(=O)[C@@H](NC(=O)[C@H](C)NC[C@H](Cc1ccccc1)NC(=O)c1cc(C(=O)NC(C)c2cccnc2)cc(N2CCCNS2(=O)=O)c1)C(C)C. The molecule has 14 nitrogen and oxygen atoms in total. The van der Waals surface area contributed by atoms with Gasteiger partial charge in [0.15, 0.2) is 0 Å². The number of pyridine rings is 1. The second-order valence-corrected chi connectivity index (χ2v) is 14.9. The van der Waals surface area contributed by atoms with Crippen molar-refractivity contribution in [3.05, 3.63) is 95.3 Å². The molecule has 4 amide bonds. The predicted molar refractivity (Wildman–Crippen MR) is 200 cm³/mol. The molecule has 52 heavy (non-hydrogen) atoms. The third-order valence-corrected chi connectivity index (χ3v) is 10.2. The van der Waals surface area contributed by atoms with Crippen LogP contribution in [0.4, 0.5) is 5.69 Å². The number of nitrogens with zero attached hydrogens (tertiary/aromatic N) is 2. The molecule has 4 rings (SSSR count). The molecule has 1 aliphatic heterocycles. The van der Waals surface area contributed by atoms with Crippen LogP contribution >= 0.6 is 0 Å². The van der Waals surface area contributed by atoms with Gasteiger partial charge in [0.1, 0.15) is 6.04 Å². The van der Waals surface area contributed by atoms with Crippen molar-refractivity contribution in [3.63, 3.8) is 0 Å². The summed E-state index contributed by atoms with van der Waals surface area (Å²) in [4.78, 5) is 57.4. The average molecular weight is 735 g/mol. The van der Waals surface area contributed by atoms with Crippen LogP contribution in [0.1, 0.15) is 78.9 Å². The number of benzene rings is 2. The molecular weight excluding hydrogens is 685 g/mol. The molecule has 1 aromatic heterocycles. The van der Waals surface area contributed by atoms with Gasteiger partial charge in [-0.25, -0.2) is 0 Å². The topological polar surface area (TPSA) is 191 Å². The van der Waals surface area contributed by atoms with E-state index < -0.39 is 46.2 Å². The number of carbonyl (C=O) groups excluding carboxylic acids is 4. The van der Waals surface area contributed by atoms with Gasteiger partial charge in [0.05, 0.1) is 17.8 Å². The van der Waals surface area contributed by atoms with Crippen molar-refractivity contribution in [2.45, 2.75) is 71.6 Å². The fourth-order valence-corrected chi connectivity index (χ4v) is 7.06. The monoisotopic (exact) mass is 734 g/mol. The summed E-state index contributed by atoms with van der Waals surface area (Å²) in [6, 6.07) is 15.1. The van der Waals surface area contributed by atoms with E-state index >= 15 is 0 Å². The molecule has 2 heterocycles. The molecule has 0 bridgehead atoms. The molecule has 2 aromatic carbocycles. The first-order valence-corrected chi connectivity index (χ1v) is 19.0. The summed E-state index contributed by atoms with van der Waals surface area (Å²) in [5.74, 6) is -1.79. The zero-order valence-electron chi connectivity index (χ0n) is 30.3. The number of hydrogen-bond donors (Lipinski definition) is 6. The Morgan fingerprint density at radius 1 is 0.885 bits per heavy atom. The minimum atomic E-state index is -3.90. The summed E-state index contributed by atoms with van der Waals surface area (Å²) < 4.78 is 29.7. The zero-order chi connectivity index (χ0) is 37.8. The van der Waals surface area contributed by atoms with Crippen molar-refractivity contribution in [2.75, 3.05) is 30.5 Å². The number of likely N-dealkylation sites (N-methyl/N-ethyl adjacent to an activating group) is 1. The van der Waals surface area contributed by atoms with Crippen molar-refractivity contribution in [1.29, 1.82) is 0 Å². The number of nitrogens with one attached hydrogen (secondary N) is 6. The van der Waals surface area contributed by atoms with Gasteiger partial charge >= 0.3 is 10.2 Å². The predicted octanol–water partition coefficient (Wildman–Crippen LogP) is 2.21. The average Bonchev–Trinajstić information content (AvgIpc) is 3.12. The quantitative estimate of drug-likeness (QED) is 0.129. The van der Waals surface area contributed by atoms with Crippen molar-refractivity contribution in [3.8, 4) is 0 Å².